The first kappa shape index (κ1) is 23.0. The predicted molar refractivity (Wildman–Crippen MR) is 117 cm³/mol. The summed E-state index contributed by atoms with van der Waals surface area (Å²) in [6, 6.07) is 13.8. The zero-order chi connectivity index (χ0) is 22.1. The van der Waals surface area contributed by atoms with Crippen LogP contribution in [-0.4, -0.2) is 34.0 Å². The van der Waals surface area contributed by atoms with E-state index in [0.717, 1.165) is 4.90 Å². The van der Waals surface area contributed by atoms with E-state index in [4.69, 9.17) is 5.11 Å². The zero-order valence-corrected chi connectivity index (χ0v) is 17.4. The monoisotopic (exact) mass is 429 g/mol. The fraction of sp³-hybridized carbons (Fsp3) is 0.238. The summed E-state index contributed by atoms with van der Waals surface area (Å²) < 4.78 is 0. The third kappa shape index (κ3) is 7.96. The Morgan fingerprint density at radius 1 is 0.833 bits per heavy atom. The van der Waals surface area contributed by atoms with E-state index >= 15 is 0 Å². The molecule has 4 N–H and O–H groups in total. The summed E-state index contributed by atoms with van der Waals surface area (Å²) in [5.74, 6) is -1.72. The van der Waals surface area contributed by atoms with E-state index < -0.39 is 5.97 Å². The number of carboxylic acids is 1. The van der Waals surface area contributed by atoms with Crippen LogP contribution in [0.4, 0.5) is 17.1 Å². The van der Waals surface area contributed by atoms with Gasteiger partial charge in [0.25, 0.3) is 0 Å². The lowest BCUT2D eigenvalue weighted by molar-refractivity contribution is -0.138. The molecule has 0 aliphatic rings. The van der Waals surface area contributed by atoms with Crippen LogP contribution in [0.1, 0.15) is 26.7 Å². The number of rotatable bonds is 9. The Morgan fingerprint density at radius 3 is 1.87 bits per heavy atom. The van der Waals surface area contributed by atoms with Crippen LogP contribution in [0.25, 0.3) is 0 Å². The smallest absolute Gasteiger partial charge is 0.303 e. The van der Waals surface area contributed by atoms with Crippen molar-refractivity contribution in [3.63, 3.8) is 0 Å². The van der Waals surface area contributed by atoms with Gasteiger partial charge < -0.3 is 21.1 Å². The fourth-order valence-electron chi connectivity index (χ4n) is 2.40. The van der Waals surface area contributed by atoms with Gasteiger partial charge in [-0.25, -0.2) is 0 Å². The lowest BCUT2D eigenvalue weighted by Crippen LogP contribution is -2.22. The molecule has 1 atom stereocenters. The van der Waals surface area contributed by atoms with Crippen molar-refractivity contribution in [3.8, 4) is 0 Å². The van der Waals surface area contributed by atoms with Crippen molar-refractivity contribution >= 4 is 52.5 Å². The number of amides is 3. The van der Waals surface area contributed by atoms with E-state index in [0.29, 0.717) is 17.1 Å². The van der Waals surface area contributed by atoms with Gasteiger partial charge >= 0.3 is 5.97 Å². The van der Waals surface area contributed by atoms with E-state index in [-0.39, 0.29) is 35.8 Å². The third-order valence-electron chi connectivity index (χ3n) is 3.86. The van der Waals surface area contributed by atoms with E-state index in [9.17, 15) is 19.2 Å². The number of aliphatic carboxylic acids is 1. The predicted octanol–water partition coefficient (Wildman–Crippen LogP) is 3.57. The van der Waals surface area contributed by atoms with E-state index in [1.165, 1.54) is 18.7 Å². The van der Waals surface area contributed by atoms with Crippen molar-refractivity contribution in [3.05, 3.63) is 48.5 Å². The molecule has 30 heavy (non-hydrogen) atoms. The topological polar surface area (TPSA) is 125 Å². The molecule has 0 aliphatic heterocycles. The first-order chi connectivity index (χ1) is 14.2. The van der Waals surface area contributed by atoms with Crippen LogP contribution in [-0.2, 0) is 19.2 Å². The minimum atomic E-state index is -1.02. The highest BCUT2D eigenvalue weighted by Gasteiger charge is 2.15. The molecule has 0 fully saturated rings. The van der Waals surface area contributed by atoms with Gasteiger partial charge in [0.05, 0.1) is 11.7 Å². The lowest BCUT2D eigenvalue weighted by atomic mass is 10.2. The Labute approximate surface area is 178 Å². The van der Waals surface area contributed by atoms with Crippen LogP contribution in [0.3, 0.4) is 0 Å². The summed E-state index contributed by atoms with van der Waals surface area (Å²) >= 11 is 1.36. The second kappa shape index (κ2) is 11.0. The second-order valence-electron chi connectivity index (χ2n) is 6.47. The minimum absolute atomic E-state index is 0.0885. The maximum Gasteiger partial charge on any atom is 0.303 e. The highest BCUT2D eigenvalue weighted by atomic mass is 32.2. The van der Waals surface area contributed by atoms with Gasteiger partial charge in [0.15, 0.2) is 0 Å². The molecule has 0 radical (unpaired) electrons. The Hall–Kier alpha value is -3.33. The summed E-state index contributed by atoms with van der Waals surface area (Å²) in [4.78, 5) is 46.5. The van der Waals surface area contributed by atoms with Crippen LogP contribution in [0.5, 0.6) is 0 Å². The first-order valence-electron chi connectivity index (χ1n) is 9.20. The molecule has 2 rings (SSSR count). The van der Waals surface area contributed by atoms with Crippen LogP contribution in [0.15, 0.2) is 53.4 Å². The molecular weight excluding hydrogens is 406 g/mol. The van der Waals surface area contributed by atoms with Gasteiger partial charge in [-0.2, -0.15) is 0 Å². The number of nitrogens with one attached hydrogen (secondary N) is 3. The average molecular weight is 429 g/mol. The third-order valence-corrected chi connectivity index (χ3v) is 4.97. The molecule has 0 spiro atoms. The number of hydrogen-bond donors (Lipinski definition) is 4. The van der Waals surface area contributed by atoms with E-state index in [1.807, 2.05) is 0 Å². The molecule has 0 aliphatic carbocycles. The van der Waals surface area contributed by atoms with Gasteiger partial charge in [-0.3, -0.25) is 19.2 Å². The highest BCUT2D eigenvalue weighted by Crippen LogP contribution is 2.26. The van der Waals surface area contributed by atoms with E-state index in [1.54, 1.807) is 55.5 Å². The standard InChI is InChI=1S/C21H23N3O5S/c1-13(21(29)24-17-5-3-15(4-6-17)22-14(2)25)30-18-9-7-16(8-10-18)23-19(26)11-12-20(27)28/h3-10,13H,11-12H2,1-2H3,(H,22,25)(H,23,26)(H,24,29)(H,27,28). The van der Waals surface area contributed by atoms with Gasteiger partial charge in [0.2, 0.25) is 17.7 Å². The van der Waals surface area contributed by atoms with Gasteiger partial charge in [-0.1, -0.05) is 0 Å². The van der Waals surface area contributed by atoms with Crippen molar-refractivity contribution < 1.29 is 24.3 Å². The summed E-state index contributed by atoms with van der Waals surface area (Å²) in [6.07, 6.45) is -0.308. The van der Waals surface area contributed by atoms with Crippen molar-refractivity contribution in [1.29, 1.82) is 0 Å². The molecule has 0 bridgehead atoms. The van der Waals surface area contributed by atoms with Crippen molar-refractivity contribution in [2.75, 3.05) is 16.0 Å². The number of thioether (sulfide) groups is 1. The quantitative estimate of drug-likeness (QED) is 0.452. The molecule has 0 saturated heterocycles. The largest absolute Gasteiger partial charge is 0.481 e. The number of hydrogen-bond acceptors (Lipinski definition) is 5. The van der Waals surface area contributed by atoms with Gasteiger partial charge in [-0.15, -0.1) is 11.8 Å². The zero-order valence-electron chi connectivity index (χ0n) is 16.6. The molecule has 2 aromatic rings. The second-order valence-corrected chi connectivity index (χ2v) is 7.89. The molecule has 9 heteroatoms. The van der Waals surface area contributed by atoms with Crippen molar-refractivity contribution in [1.82, 2.24) is 0 Å². The Morgan fingerprint density at radius 2 is 1.33 bits per heavy atom. The van der Waals surface area contributed by atoms with Crippen LogP contribution >= 0.6 is 11.8 Å². The van der Waals surface area contributed by atoms with E-state index in [2.05, 4.69) is 16.0 Å². The Kier molecular flexibility index (Phi) is 8.42. The highest BCUT2D eigenvalue weighted by molar-refractivity contribution is 8.00. The Bertz CT molecular complexity index is 913. The average Bonchev–Trinajstić information content (AvgIpc) is 2.69. The van der Waals surface area contributed by atoms with Crippen LogP contribution in [0, 0.1) is 0 Å². The maximum absolute atomic E-state index is 12.4. The fourth-order valence-corrected chi connectivity index (χ4v) is 3.27. The molecular formula is C21H23N3O5S. The number of carbonyl (C=O) groups is 4. The number of carboxylic acid groups (broad SMARTS) is 1. The minimum Gasteiger partial charge on any atom is -0.481 e. The SMILES string of the molecule is CC(=O)Nc1ccc(NC(=O)C(C)Sc2ccc(NC(=O)CCC(=O)O)cc2)cc1. The first-order valence-corrected chi connectivity index (χ1v) is 10.1. The maximum atomic E-state index is 12.4. The summed E-state index contributed by atoms with van der Waals surface area (Å²) in [7, 11) is 0. The summed E-state index contributed by atoms with van der Waals surface area (Å²) in [5, 5.41) is 16.4. The summed E-state index contributed by atoms with van der Waals surface area (Å²) in [6.45, 7) is 3.21. The normalized spacial score (nSPS) is 11.3. The van der Waals surface area contributed by atoms with Crippen LogP contribution < -0.4 is 16.0 Å². The van der Waals surface area contributed by atoms with Gasteiger partial charge in [-0.05, 0) is 55.5 Å². The summed E-state index contributed by atoms with van der Waals surface area (Å²) in [5.41, 5.74) is 1.84. The molecule has 0 heterocycles. The lowest BCUT2D eigenvalue weighted by Gasteiger charge is -2.13. The van der Waals surface area contributed by atoms with Crippen molar-refractivity contribution in [2.24, 2.45) is 0 Å². The molecule has 3 amide bonds. The number of benzene rings is 2. The van der Waals surface area contributed by atoms with Crippen molar-refractivity contribution in [2.45, 2.75) is 36.8 Å². The number of anilines is 3. The molecule has 1 unspecified atom stereocenters. The molecule has 0 aromatic heterocycles. The molecule has 2 aromatic carbocycles. The van der Waals surface area contributed by atoms with Gasteiger partial charge in [0.1, 0.15) is 0 Å². The molecule has 0 saturated carbocycles. The van der Waals surface area contributed by atoms with Crippen LogP contribution in [0.2, 0.25) is 0 Å². The van der Waals surface area contributed by atoms with Gasteiger partial charge in [0, 0.05) is 35.3 Å². The number of carbonyl (C=O) groups excluding carboxylic acids is 3. The molecule has 158 valence electrons. The molecule has 8 nitrogen and oxygen atoms in total. The Balaban J connectivity index is 1.85.